The van der Waals surface area contributed by atoms with Gasteiger partial charge >= 0.3 is 0 Å². The maximum Gasteiger partial charge on any atom is 0.227 e. The highest BCUT2D eigenvalue weighted by atomic mass is 19.1. The Morgan fingerprint density at radius 2 is 1.44 bits per heavy atom. The Morgan fingerprint density at radius 3 is 2.04 bits per heavy atom. The van der Waals surface area contributed by atoms with Crippen molar-refractivity contribution in [3.05, 3.63) is 47.8 Å². The Labute approximate surface area is 158 Å². The molecule has 2 saturated heterocycles. The van der Waals surface area contributed by atoms with E-state index in [4.69, 9.17) is 0 Å². The summed E-state index contributed by atoms with van der Waals surface area (Å²) < 4.78 is 13.7. The van der Waals surface area contributed by atoms with Gasteiger partial charge in [0.15, 0.2) is 11.6 Å². The lowest BCUT2D eigenvalue weighted by atomic mass is 10.1. The molecule has 0 N–H and O–H groups in total. The number of anilines is 2. The zero-order valence-corrected chi connectivity index (χ0v) is 15.4. The molecule has 1 aromatic heterocycles. The van der Waals surface area contributed by atoms with Gasteiger partial charge in [-0.2, -0.15) is 0 Å². The molecule has 3 heterocycles. The lowest BCUT2D eigenvalue weighted by Crippen LogP contribution is -2.49. The summed E-state index contributed by atoms with van der Waals surface area (Å²) in [7, 11) is 0. The average molecular weight is 369 g/mol. The highest BCUT2D eigenvalue weighted by Gasteiger charge is 2.23. The number of hydrogen-bond acceptors (Lipinski definition) is 5. The minimum absolute atomic E-state index is 0.0322. The summed E-state index contributed by atoms with van der Waals surface area (Å²) in [5.41, 5.74) is 0.452. The fraction of sp³-hybridized carbons (Fsp3) is 0.450. The number of carbonyl (C=O) groups is 1. The van der Waals surface area contributed by atoms with Gasteiger partial charge in [0.2, 0.25) is 5.91 Å². The predicted molar refractivity (Wildman–Crippen MR) is 102 cm³/mol. The first kappa shape index (κ1) is 17.7. The quantitative estimate of drug-likeness (QED) is 0.826. The van der Waals surface area contributed by atoms with Gasteiger partial charge in [-0.15, -0.1) is 10.2 Å². The van der Waals surface area contributed by atoms with E-state index in [1.54, 1.807) is 23.1 Å². The molecule has 2 aliphatic heterocycles. The normalized spacial score (nSPS) is 17.4. The van der Waals surface area contributed by atoms with Gasteiger partial charge in [0.05, 0.1) is 6.42 Å². The topological polar surface area (TPSA) is 52.6 Å². The van der Waals surface area contributed by atoms with E-state index in [2.05, 4.69) is 20.0 Å². The van der Waals surface area contributed by atoms with Gasteiger partial charge in [0, 0.05) is 39.3 Å². The van der Waals surface area contributed by atoms with Gasteiger partial charge in [-0.1, -0.05) is 18.2 Å². The van der Waals surface area contributed by atoms with Crippen LogP contribution in [0, 0.1) is 5.82 Å². The van der Waals surface area contributed by atoms with Crippen LogP contribution >= 0.6 is 0 Å². The van der Waals surface area contributed by atoms with Crippen molar-refractivity contribution in [2.75, 3.05) is 49.1 Å². The minimum atomic E-state index is -0.321. The van der Waals surface area contributed by atoms with Gasteiger partial charge in [-0.25, -0.2) is 4.39 Å². The number of carbonyl (C=O) groups excluding carboxylic acids is 1. The molecule has 2 aromatic rings. The number of amides is 1. The van der Waals surface area contributed by atoms with Crippen LogP contribution in [-0.2, 0) is 11.2 Å². The number of aromatic nitrogens is 2. The maximum atomic E-state index is 13.7. The molecule has 0 radical (unpaired) electrons. The van der Waals surface area contributed by atoms with E-state index in [1.165, 1.54) is 18.9 Å². The fourth-order valence-corrected chi connectivity index (χ4v) is 3.70. The smallest absolute Gasteiger partial charge is 0.227 e. The lowest BCUT2D eigenvalue weighted by molar-refractivity contribution is -0.130. The highest BCUT2D eigenvalue weighted by Crippen LogP contribution is 2.20. The SMILES string of the molecule is O=C(Cc1ccccc1F)N1CCN(c2ccc(N3CCCC3)nn2)CC1. The van der Waals surface area contributed by atoms with Crippen LogP contribution in [0.1, 0.15) is 18.4 Å². The molecule has 142 valence electrons. The number of piperazine rings is 1. The van der Waals surface area contributed by atoms with Crippen molar-refractivity contribution in [2.45, 2.75) is 19.3 Å². The van der Waals surface area contributed by atoms with Gasteiger partial charge in [-0.3, -0.25) is 4.79 Å². The van der Waals surface area contributed by atoms with Crippen LogP contribution in [0.2, 0.25) is 0 Å². The fourth-order valence-electron chi connectivity index (χ4n) is 3.70. The van der Waals surface area contributed by atoms with Crippen molar-refractivity contribution in [2.24, 2.45) is 0 Å². The van der Waals surface area contributed by atoms with E-state index in [9.17, 15) is 9.18 Å². The molecule has 6 nitrogen and oxygen atoms in total. The summed E-state index contributed by atoms with van der Waals surface area (Å²) >= 11 is 0. The van der Waals surface area contributed by atoms with Crippen molar-refractivity contribution >= 4 is 17.5 Å². The van der Waals surface area contributed by atoms with Crippen molar-refractivity contribution < 1.29 is 9.18 Å². The first-order chi connectivity index (χ1) is 13.2. The number of benzene rings is 1. The number of hydrogen-bond donors (Lipinski definition) is 0. The second-order valence-corrected chi connectivity index (χ2v) is 7.08. The molecular weight excluding hydrogens is 345 g/mol. The third kappa shape index (κ3) is 4.02. The third-order valence-corrected chi connectivity index (χ3v) is 5.32. The van der Waals surface area contributed by atoms with Crippen LogP contribution in [0.4, 0.5) is 16.0 Å². The summed E-state index contributed by atoms with van der Waals surface area (Å²) in [6, 6.07) is 10.5. The van der Waals surface area contributed by atoms with E-state index >= 15 is 0 Å². The van der Waals surface area contributed by atoms with Crippen molar-refractivity contribution in [1.82, 2.24) is 15.1 Å². The summed E-state index contributed by atoms with van der Waals surface area (Å²) in [4.78, 5) is 18.7. The largest absolute Gasteiger partial charge is 0.355 e. The zero-order chi connectivity index (χ0) is 18.6. The van der Waals surface area contributed by atoms with E-state index in [0.717, 1.165) is 24.7 Å². The maximum absolute atomic E-state index is 13.7. The Kier molecular flexibility index (Phi) is 5.18. The summed E-state index contributed by atoms with van der Waals surface area (Å²) in [6.07, 6.45) is 2.54. The predicted octanol–water partition coefficient (Wildman–Crippen LogP) is 2.11. The van der Waals surface area contributed by atoms with Crippen LogP contribution in [0.25, 0.3) is 0 Å². The molecular formula is C20H24FN5O. The minimum Gasteiger partial charge on any atom is -0.355 e. The Bertz CT molecular complexity index is 783. The molecule has 27 heavy (non-hydrogen) atoms. The molecule has 0 aliphatic carbocycles. The van der Waals surface area contributed by atoms with Crippen LogP contribution in [0.15, 0.2) is 36.4 Å². The van der Waals surface area contributed by atoms with Crippen LogP contribution in [0.3, 0.4) is 0 Å². The Hall–Kier alpha value is -2.70. The van der Waals surface area contributed by atoms with Crippen molar-refractivity contribution in [3.63, 3.8) is 0 Å². The van der Waals surface area contributed by atoms with E-state index in [1.807, 2.05) is 12.1 Å². The molecule has 1 amide bonds. The third-order valence-electron chi connectivity index (χ3n) is 5.32. The van der Waals surface area contributed by atoms with E-state index in [-0.39, 0.29) is 18.1 Å². The highest BCUT2D eigenvalue weighted by molar-refractivity contribution is 5.79. The Morgan fingerprint density at radius 1 is 0.852 bits per heavy atom. The second kappa shape index (κ2) is 7.90. The lowest BCUT2D eigenvalue weighted by Gasteiger charge is -2.35. The van der Waals surface area contributed by atoms with Gasteiger partial charge in [0.25, 0.3) is 0 Å². The van der Waals surface area contributed by atoms with Crippen molar-refractivity contribution in [1.29, 1.82) is 0 Å². The molecule has 0 atom stereocenters. The van der Waals surface area contributed by atoms with Crippen LogP contribution < -0.4 is 9.80 Å². The number of rotatable bonds is 4. The van der Waals surface area contributed by atoms with Crippen LogP contribution in [-0.4, -0.2) is 60.3 Å². The molecule has 2 aliphatic rings. The molecule has 0 bridgehead atoms. The molecule has 0 unspecified atom stereocenters. The standard InChI is InChI=1S/C20H24FN5O/c21-17-6-2-1-5-16(17)15-20(27)26-13-11-25(12-14-26)19-8-7-18(22-23-19)24-9-3-4-10-24/h1-2,5-8H,3-4,9-15H2. The summed E-state index contributed by atoms with van der Waals surface area (Å²) in [6.45, 7) is 4.75. The molecule has 1 aromatic carbocycles. The van der Waals surface area contributed by atoms with Gasteiger partial charge in [-0.05, 0) is 36.6 Å². The zero-order valence-electron chi connectivity index (χ0n) is 15.4. The van der Waals surface area contributed by atoms with Gasteiger partial charge < -0.3 is 14.7 Å². The Balaban J connectivity index is 1.32. The van der Waals surface area contributed by atoms with E-state index in [0.29, 0.717) is 31.7 Å². The molecule has 7 heteroatoms. The monoisotopic (exact) mass is 369 g/mol. The molecule has 0 spiro atoms. The van der Waals surface area contributed by atoms with Crippen LogP contribution in [0.5, 0.6) is 0 Å². The van der Waals surface area contributed by atoms with Crippen molar-refractivity contribution in [3.8, 4) is 0 Å². The molecule has 0 saturated carbocycles. The summed E-state index contributed by atoms with van der Waals surface area (Å²) in [5, 5.41) is 8.75. The first-order valence-corrected chi connectivity index (χ1v) is 9.55. The molecule has 4 rings (SSSR count). The average Bonchev–Trinajstić information content (AvgIpc) is 3.25. The first-order valence-electron chi connectivity index (χ1n) is 9.55. The van der Waals surface area contributed by atoms with Gasteiger partial charge in [0.1, 0.15) is 5.82 Å². The number of halogens is 1. The number of nitrogens with zero attached hydrogens (tertiary/aromatic N) is 5. The molecule has 2 fully saturated rings. The van der Waals surface area contributed by atoms with E-state index < -0.39 is 0 Å². The second-order valence-electron chi connectivity index (χ2n) is 7.08. The summed E-state index contributed by atoms with van der Waals surface area (Å²) in [5.74, 6) is 1.43.